The summed E-state index contributed by atoms with van der Waals surface area (Å²) in [6, 6.07) is 7.44. The zero-order chi connectivity index (χ0) is 17.0. The molecule has 0 aromatic heterocycles. The van der Waals surface area contributed by atoms with Crippen LogP contribution >= 0.6 is 0 Å². The van der Waals surface area contributed by atoms with Crippen LogP contribution in [0.5, 0.6) is 0 Å². The van der Waals surface area contributed by atoms with Crippen molar-refractivity contribution in [3.8, 4) is 0 Å². The molecule has 0 fully saturated rings. The molecule has 2 rings (SSSR count). The molecule has 126 valence electrons. The number of unbranched alkanes of at least 4 members (excludes halogenated alkanes) is 1. The van der Waals surface area contributed by atoms with Gasteiger partial charge in [-0.05, 0) is 36.1 Å². The van der Waals surface area contributed by atoms with Gasteiger partial charge >= 0.3 is 0 Å². The van der Waals surface area contributed by atoms with Gasteiger partial charge in [-0.3, -0.25) is 4.79 Å². The maximum atomic E-state index is 12.6. The lowest BCUT2D eigenvalue weighted by atomic mass is 10.0. The third kappa shape index (κ3) is 4.44. The molecule has 0 bridgehead atoms. The second-order valence-electron chi connectivity index (χ2n) is 6.34. The summed E-state index contributed by atoms with van der Waals surface area (Å²) in [4.78, 5) is 14.3. The number of sulfone groups is 1. The van der Waals surface area contributed by atoms with Gasteiger partial charge in [-0.25, -0.2) is 8.42 Å². The van der Waals surface area contributed by atoms with Crippen molar-refractivity contribution in [3.63, 3.8) is 0 Å². The fourth-order valence-corrected chi connectivity index (χ4v) is 3.98. The van der Waals surface area contributed by atoms with E-state index in [0.717, 1.165) is 18.5 Å². The largest absolute Gasteiger partial charge is 0.304 e. The van der Waals surface area contributed by atoms with Gasteiger partial charge in [0.25, 0.3) is 0 Å². The van der Waals surface area contributed by atoms with Crippen molar-refractivity contribution in [2.75, 3.05) is 10.7 Å². The molecule has 1 aliphatic rings. The zero-order valence-corrected chi connectivity index (χ0v) is 14.8. The van der Waals surface area contributed by atoms with Crippen LogP contribution in [0.25, 0.3) is 0 Å². The van der Waals surface area contributed by atoms with Crippen molar-refractivity contribution < 1.29 is 13.2 Å². The predicted molar refractivity (Wildman–Crippen MR) is 94.3 cm³/mol. The van der Waals surface area contributed by atoms with Crippen LogP contribution in [0.3, 0.4) is 0 Å². The standard InChI is InChI=1S/C18H25NO3S/c1-4-5-6-18(20)19(17-11-12-23(21,22)13-17)16-9-7-15(8-10-16)14(2)3/h7-12,14,17H,4-6,13H2,1-3H3. The summed E-state index contributed by atoms with van der Waals surface area (Å²) in [5.74, 6) is 0.368. The molecule has 1 unspecified atom stereocenters. The van der Waals surface area contributed by atoms with Gasteiger partial charge in [0.15, 0.2) is 9.84 Å². The summed E-state index contributed by atoms with van der Waals surface area (Å²) >= 11 is 0. The van der Waals surface area contributed by atoms with Crippen molar-refractivity contribution in [3.05, 3.63) is 41.3 Å². The number of carbonyl (C=O) groups is 1. The lowest BCUT2D eigenvalue weighted by molar-refractivity contribution is -0.118. The maximum absolute atomic E-state index is 12.6. The van der Waals surface area contributed by atoms with Gasteiger partial charge < -0.3 is 4.90 Å². The average Bonchev–Trinajstić information content (AvgIpc) is 2.85. The highest BCUT2D eigenvalue weighted by Crippen LogP contribution is 2.26. The van der Waals surface area contributed by atoms with E-state index in [0.29, 0.717) is 12.3 Å². The molecule has 0 N–H and O–H groups in total. The lowest BCUT2D eigenvalue weighted by Gasteiger charge is -2.28. The van der Waals surface area contributed by atoms with Gasteiger partial charge in [-0.2, -0.15) is 0 Å². The molecule has 1 aliphatic heterocycles. The normalized spacial score (nSPS) is 19.2. The number of nitrogens with zero attached hydrogens (tertiary/aromatic N) is 1. The molecular weight excluding hydrogens is 310 g/mol. The minimum absolute atomic E-state index is 0.0177. The first-order valence-electron chi connectivity index (χ1n) is 8.17. The van der Waals surface area contributed by atoms with Crippen LogP contribution in [0.15, 0.2) is 35.7 Å². The summed E-state index contributed by atoms with van der Waals surface area (Å²) in [7, 11) is -3.20. The molecule has 0 saturated heterocycles. The van der Waals surface area contributed by atoms with Crippen LogP contribution in [0.2, 0.25) is 0 Å². The van der Waals surface area contributed by atoms with E-state index < -0.39 is 15.9 Å². The Morgan fingerprint density at radius 1 is 1.26 bits per heavy atom. The van der Waals surface area contributed by atoms with Gasteiger partial charge in [0.05, 0.1) is 11.8 Å². The molecule has 0 saturated carbocycles. The minimum Gasteiger partial charge on any atom is -0.304 e. The van der Waals surface area contributed by atoms with Crippen molar-refractivity contribution in [2.45, 2.75) is 52.0 Å². The first-order valence-corrected chi connectivity index (χ1v) is 9.88. The summed E-state index contributed by atoms with van der Waals surface area (Å²) in [5, 5.41) is 1.22. The van der Waals surface area contributed by atoms with Crippen LogP contribution in [0.1, 0.15) is 51.5 Å². The van der Waals surface area contributed by atoms with Crippen molar-refractivity contribution in [2.24, 2.45) is 0 Å². The molecule has 1 aromatic carbocycles. The van der Waals surface area contributed by atoms with E-state index in [1.807, 2.05) is 31.2 Å². The van der Waals surface area contributed by atoms with Crippen molar-refractivity contribution in [1.82, 2.24) is 0 Å². The Morgan fingerprint density at radius 3 is 2.39 bits per heavy atom. The number of amides is 1. The van der Waals surface area contributed by atoms with Crippen molar-refractivity contribution >= 4 is 21.4 Å². The first-order chi connectivity index (χ1) is 10.8. The fraction of sp³-hybridized carbons (Fsp3) is 0.500. The van der Waals surface area contributed by atoms with Crippen LogP contribution in [0, 0.1) is 0 Å². The molecule has 1 aromatic rings. The summed E-state index contributed by atoms with van der Waals surface area (Å²) in [5.41, 5.74) is 1.96. The molecule has 0 radical (unpaired) electrons. The van der Waals surface area contributed by atoms with Crippen molar-refractivity contribution in [1.29, 1.82) is 0 Å². The topological polar surface area (TPSA) is 54.5 Å². The van der Waals surface area contributed by atoms with Gasteiger partial charge in [0.1, 0.15) is 0 Å². The Labute approximate surface area is 139 Å². The molecule has 1 heterocycles. The molecule has 0 spiro atoms. The molecule has 4 nitrogen and oxygen atoms in total. The van der Waals surface area contributed by atoms with Crippen LogP contribution in [-0.2, 0) is 14.6 Å². The second kappa shape index (κ2) is 7.30. The van der Waals surface area contributed by atoms with E-state index >= 15 is 0 Å². The average molecular weight is 335 g/mol. The van der Waals surface area contributed by atoms with Gasteiger partial charge in [-0.15, -0.1) is 0 Å². The smallest absolute Gasteiger partial charge is 0.227 e. The third-order valence-electron chi connectivity index (χ3n) is 4.09. The molecule has 5 heteroatoms. The number of benzene rings is 1. The van der Waals surface area contributed by atoms with E-state index in [9.17, 15) is 13.2 Å². The first kappa shape index (κ1) is 17.7. The van der Waals surface area contributed by atoms with Crippen LogP contribution in [-0.4, -0.2) is 26.1 Å². The highest BCUT2D eigenvalue weighted by atomic mass is 32.2. The lowest BCUT2D eigenvalue weighted by Crippen LogP contribution is -2.41. The van der Waals surface area contributed by atoms with Crippen LogP contribution in [0.4, 0.5) is 5.69 Å². The monoisotopic (exact) mass is 335 g/mol. The van der Waals surface area contributed by atoms with E-state index in [2.05, 4.69) is 13.8 Å². The Balaban J connectivity index is 2.29. The Hall–Kier alpha value is -1.62. The van der Waals surface area contributed by atoms with E-state index in [1.54, 1.807) is 11.0 Å². The number of carbonyl (C=O) groups excluding carboxylic acids is 1. The number of hydrogen-bond acceptors (Lipinski definition) is 3. The maximum Gasteiger partial charge on any atom is 0.227 e. The highest BCUT2D eigenvalue weighted by molar-refractivity contribution is 7.94. The Morgan fingerprint density at radius 2 is 1.91 bits per heavy atom. The molecular formula is C18H25NO3S. The van der Waals surface area contributed by atoms with E-state index in [-0.39, 0.29) is 11.7 Å². The molecule has 23 heavy (non-hydrogen) atoms. The molecule has 1 atom stereocenters. The quantitative estimate of drug-likeness (QED) is 0.797. The van der Waals surface area contributed by atoms with E-state index in [4.69, 9.17) is 0 Å². The summed E-state index contributed by atoms with van der Waals surface area (Å²) in [6.07, 6.45) is 3.80. The Kier molecular flexibility index (Phi) is 5.63. The highest BCUT2D eigenvalue weighted by Gasteiger charge is 2.31. The van der Waals surface area contributed by atoms with Gasteiger partial charge in [0, 0.05) is 17.5 Å². The fourth-order valence-electron chi connectivity index (χ4n) is 2.71. The third-order valence-corrected chi connectivity index (χ3v) is 5.47. The summed E-state index contributed by atoms with van der Waals surface area (Å²) < 4.78 is 23.5. The van der Waals surface area contributed by atoms with Gasteiger partial charge in [-0.1, -0.05) is 39.3 Å². The SMILES string of the molecule is CCCCC(=O)N(c1ccc(C(C)C)cc1)C1C=CS(=O)(=O)C1. The predicted octanol–water partition coefficient (Wildman–Crippen LogP) is 3.64. The molecule has 0 aliphatic carbocycles. The molecule has 1 amide bonds. The van der Waals surface area contributed by atoms with Gasteiger partial charge in [0.2, 0.25) is 5.91 Å². The number of anilines is 1. The Bertz CT molecular complexity index is 675. The number of hydrogen-bond donors (Lipinski definition) is 0. The number of rotatable bonds is 6. The second-order valence-corrected chi connectivity index (χ2v) is 8.27. The van der Waals surface area contributed by atoms with E-state index in [1.165, 1.54) is 11.0 Å². The zero-order valence-electron chi connectivity index (χ0n) is 14.0. The minimum atomic E-state index is -3.20. The van der Waals surface area contributed by atoms with Crippen LogP contribution < -0.4 is 4.90 Å². The summed E-state index contributed by atoms with van der Waals surface area (Å²) in [6.45, 7) is 6.27.